The molecule has 3 aromatic rings. The first-order valence-corrected chi connectivity index (χ1v) is 11.5. The summed E-state index contributed by atoms with van der Waals surface area (Å²) in [5.41, 5.74) is 5.65. The molecule has 0 saturated carbocycles. The third-order valence-electron chi connectivity index (χ3n) is 4.82. The van der Waals surface area contributed by atoms with Crippen LogP contribution in [0.25, 0.3) is 0 Å². The van der Waals surface area contributed by atoms with Crippen LogP contribution in [0.2, 0.25) is 0 Å². The summed E-state index contributed by atoms with van der Waals surface area (Å²) in [6.45, 7) is 1.32. The first-order chi connectivity index (χ1) is 16.6. The molecule has 12 nitrogen and oxygen atoms in total. The fraction of sp³-hybridized carbons (Fsp3) is 0.238. The van der Waals surface area contributed by atoms with Crippen molar-refractivity contribution in [1.82, 2.24) is 14.4 Å². The van der Waals surface area contributed by atoms with Crippen LogP contribution in [-0.2, 0) is 16.4 Å². The minimum atomic E-state index is -4.55. The van der Waals surface area contributed by atoms with Gasteiger partial charge in [-0.2, -0.15) is 5.01 Å². The highest BCUT2D eigenvalue weighted by Gasteiger charge is 2.41. The third-order valence-corrected chi connectivity index (χ3v) is 6.85. The summed E-state index contributed by atoms with van der Waals surface area (Å²) in [6, 6.07) is 7.04. The van der Waals surface area contributed by atoms with Crippen LogP contribution in [0.15, 0.2) is 53.4 Å². The second-order valence-electron chi connectivity index (χ2n) is 7.14. The van der Waals surface area contributed by atoms with E-state index < -0.39 is 33.0 Å². The molecule has 1 atom stereocenters. The molecular formula is C21H23FN6O6S. The molecule has 186 valence electrons. The number of carbonyl (C=O) groups excluding carboxylic acids is 1. The Balaban J connectivity index is 2.14. The Bertz CT molecular complexity index is 1300. The summed E-state index contributed by atoms with van der Waals surface area (Å²) < 4.78 is 56.5. The zero-order chi connectivity index (χ0) is 25.8. The molecule has 0 unspecified atom stereocenters. The van der Waals surface area contributed by atoms with Crippen LogP contribution in [0.3, 0.4) is 0 Å². The highest BCUT2D eigenvalue weighted by atomic mass is 32.2. The Hall–Kier alpha value is -4.20. The zero-order valence-electron chi connectivity index (χ0n) is 19.0. The van der Waals surface area contributed by atoms with Gasteiger partial charge in [0.1, 0.15) is 23.0 Å². The monoisotopic (exact) mass is 506 g/mol. The van der Waals surface area contributed by atoms with Crippen molar-refractivity contribution in [1.29, 1.82) is 5.41 Å². The number of nitrogens with two attached hydrogens (primary N) is 1. The molecule has 0 fully saturated rings. The van der Waals surface area contributed by atoms with Gasteiger partial charge in [-0.15, -0.1) is 4.41 Å². The van der Waals surface area contributed by atoms with Gasteiger partial charge >= 0.3 is 5.91 Å². The molecule has 2 heterocycles. The minimum absolute atomic E-state index is 0.0388. The molecule has 3 N–H and O–H groups in total. The third kappa shape index (κ3) is 5.32. The normalized spacial score (nSPS) is 12.0. The van der Waals surface area contributed by atoms with Crippen molar-refractivity contribution in [2.75, 3.05) is 19.2 Å². The number of sulfonamides is 1. The number of hydrazine groups is 1. The molecule has 1 amide bonds. The quantitative estimate of drug-likeness (QED) is 0.264. The summed E-state index contributed by atoms with van der Waals surface area (Å²) in [6.07, 6.45) is 2.78. The highest BCUT2D eigenvalue weighted by molar-refractivity contribution is 7.90. The summed E-state index contributed by atoms with van der Waals surface area (Å²) in [5, 5.41) is 7.45. The molecule has 0 aliphatic rings. The number of carbonyl (C=O) groups is 1. The van der Waals surface area contributed by atoms with Gasteiger partial charge in [-0.3, -0.25) is 10.2 Å². The SMILES string of the molecule is COc1ccc(N(C(=O)c2ccco2)N(C(=N)N)S(=O)(=O)[C@H](C)Cc2ncc(F)cn2)c(OC)c1. The number of rotatable bonds is 8. The lowest BCUT2D eigenvalue weighted by Gasteiger charge is -2.35. The van der Waals surface area contributed by atoms with E-state index in [4.69, 9.17) is 25.0 Å². The van der Waals surface area contributed by atoms with E-state index in [-0.39, 0.29) is 29.4 Å². The van der Waals surface area contributed by atoms with Crippen LogP contribution < -0.4 is 20.2 Å². The number of hydrogen-bond acceptors (Lipinski definition) is 9. The number of nitrogens with zero attached hydrogens (tertiary/aromatic N) is 4. The van der Waals surface area contributed by atoms with Gasteiger partial charge in [0, 0.05) is 12.5 Å². The Labute approximate surface area is 200 Å². The fourth-order valence-corrected chi connectivity index (χ4v) is 4.45. The topological polar surface area (TPSA) is 165 Å². The van der Waals surface area contributed by atoms with Crippen LogP contribution >= 0.6 is 0 Å². The van der Waals surface area contributed by atoms with Gasteiger partial charge in [0.25, 0.3) is 10.0 Å². The minimum Gasteiger partial charge on any atom is -0.497 e. The molecule has 3 rings (SSSR count). The number of aromatic nitrogens is 2. The summed E-state index contributed by atoms with van der Waals surface area (Å²) in [5.74, 6) is -2.36. The molecule has 2 aromatic heterocycles. The van der Waals surface area contributed by atoms with Gasteiger partial charge in [0.05, 0.1) is 38.1 Å². The van der Waals surface area contributed by atoms with E-state index in [0.29, 0.717) is 15.2 Å². The number of ether oxygens (including phenoxy) is 2. The average molecular weight is 507 g/mol. The molecule has 0 saturated heterocycles. The highest BCUT2D eigenvalue weighted by Crippen LogP contribution is 2.35. The summed E-state index contributed by atoms with van der Waals surface area (Å²) in [7, 11) is -1.81. The second kappa shape index (κ2) is 10.4. The van der Waals surface area contributed by atoms with Crippen LogP contribution in [0, 0.1) is 11.2 Å². The first kappa shape index (κ1) is 25.4. The lowest BCUT2D eigenvalue weighted by atomic mass is 10.2. The number of furan rings is 1. The first-order valence-electron chi connectivity index (χ1n) is 10.0. The Morgan fingerprint density at radius 3 is 2.46 bits per heavy atom. The number of amides is 1. The molecule has 0 spiro atoms. The van der Waals surface area contributed by atoms with Crippen molar-refractivity contribution < 1.29 is 31.5 Å². The molecular weight excluding hydrogens is 483 g/mol. The zero-order valence-corrected chi connectivity index (χ0v) is 19.8. The maximum Gasteiger partial charge on any atom is 0.313 e. The van der Waals surface area contributed by atoms with Gasteiger partial charge in [0.2, 0.25) is 5.96 Å². The second-order valence-corrected chi connectivity index (χ2v) is 9.32. The Morgan fingerprint density at radius 1 is 1.23 bits per heavy atom. The number of halogens is 1. The maximum atomic E-state index is 13.6. The fourth-order valence-electron chi connectivity index (χ4n) is 3.09. The molecule has 1 aromatic carbocycles. The Kier molecular flexibility index (Phi) is 7.54. The van der Waals surface area contributed by atoms with Crippen LogP contribution in [-0.4, -0.2) is 54.1 Å². The summed E-state index contributed by atoms with van der Waals surface area (Å²) >= 11 is 0. The average Bonchev–Trinajstić information content (AvgIpc) is 3.37. The number of nitrogens with one attached hydrogen (secondary N) is 1. The number of benzene rings is 1. The van der Waals surface area contributed by atoms with E-state index >= 15 is 0 Å². The van der Waals surface area contributed by atoms with Crippen molar-refractivity contribution >= 4 is 27.6 Å². The summed E-state index contributed by atoms with van der Waals surface area (Å²) in [4.78, 5) is 21.0. The van der Waals surface area contributed by atoms with Crippen LogP contribution in [0.4, 0.5) is 10.1 Å². The standard InChI is InChI=1S/C21H23FN6O6S/c1-13(9-19-25-11-14(22)12-26-19)35(30,31)28(21(23)24)27(20(29)17-5-4-8-34-17)16-7-6-15(32-2)10-18(16)33-3/h4-8,10-13H,9H2,1-3H3,(H3,23,24)/t13-/m1/s1. The molecule has 35 heavy (non-hydrogen) atoms. The molecule has 0 aliphatic carbocycles. The van der Waals surface area contributed by atoms with Gasteiger partial charge in [0.15, 0.2) is 11.6 Å². The smallest absolute Gasteiger partial charge is 0.313 e. The molecule has 0 aliphatic heterocycles. The van der Waals surface area contributed by atoms with Gasteiger partial charge in [-0.05, 0) is 31.2 Å². The van der Waals surface area contributed by atoms with Gasteiger partial charge in [-0.1, -0.05) is 0 Å². The van der Waals surface area contributed by atoms with Crippen molar-refractivity contribution in [3.63, 3.8) is 0 Å². The van der Waals surface area contributed by atoms with E-state index in [1.54, 1.807) is 0 Å². The largest absolute Gasteiger partial charge is 0.497 e. The lowest BCUT2D eigenvalue weighted by Crippen LogP contribution is -2.57. The Morgan fingerprint density at radius 2 is 1.91 bits per heavy atom. The number of guanidine groups is 1. The van der Waals surface area contributed by atoms with E-state index in [1.807, 2.05) is 0 Å². The molecule has 0 bridgehead atoms. The predicted molar refractivity (Wildman–Crippen MR) is 123 cm³/mol. The van der Waals surface area contributed by atoms with Crippen LogP contribution in [0.1, 0.15) is 23.3 Å². The predicted octanol–water partition coefficient (Wildman–Crippen LogP) is 1.94. The van der Waals surface area contributed by atoms with Gasteiger partial charge in [-0.25, -0.2) is 22.8 Å². The maximum absolute atomic E-state index is 13.6. The van der Waals surface area contributed by atoms with Gasteiger partial charge < -0.3 is 19.6 Å². The number of hydrogen-bond donors (Lipinski definition) is 2. The molecule has 14 heteroatoms. The number of methoxy groups -OCH3 is 2. The van der Waals surface area contributed by atoms with Crippen molar-refractivity contribution in [2.24, 2.45) is 5.73 Å². The van der Waals surface area contributed by atoms with Crippen molar-refractivity contribution in [3.05, 3.63) is 66.4 Å². The van der Waals surface area contributed by atoms with Crippen LogP contribution in [0.5, 0.6) is 11.5 Å². The van der Waals surface area contributed by atoms with Crippen molar-refractivity contribution in [2.45, 2.75) is 18.6 Å². The van der Waals surface area contributed by atoms with E-state index in [1.165, 1.54) is 57.7 Å². The van der Waals surface area contributed by atoms with E-state index in [2.05, 4.69) is 9.97 Å². The number of anilines is 1. The van der Waals surface area contributed by atoms with Crippen molar-refractivity contribution in [3.8, 4) is 11.5 Å². The lowest BCUT2D eigenvalue weighted by molar-refractivity contribution is 0.0931. The van der Waals surface area contributed by atoms with E-state index in [0.717, 1.165) is 12.4 Å². The molecule has 0 radical (unpaired) electrons. The van der Waals surface area contributed by atoms with E-state index in [9.17, 15) is 17.6 Å².